The standard InChI is InChI=1S/C45H70N2.Ni/c1-7-13-17-19-21-24-26-38-30-36(11-5)32-40(34-38)44-42(28-16-10-4)43(29-23-15-9-3)45(47(44)46)41-33-37(12-6)31-39(35-41)27-25-22-20-18-14-8-2;/h30-35H,7-29H2,1-6H3;. The molecule has 3 heteroatoms. The van der Waals surface area contributed by atoms with Crippen molar-refractivity contribution in [3.8, 4) is 0 Å². The Labute approximate surface area is 307 Å². The van der Waals surface area contributed by atoms with Crippen LogP contribution >= 0.6 is 0 Å². The van der Waals surface area contributed by atoms with E-state index in [1.54, 1.807) is 4.70 Å². The number of aryl methyl sites for hydroxylation is 4. The summed E-state index contributed by atoms with van der Waals surface area (Å²) in [6.07, 6.45) is 28.1. The van der Waals surface area contributed by atoms with Gasteiger partial charge in [-0.3, -0.25) is 0 Å². The fourth-order valence-corrected chi connectivity index (χ4v) is 7.40. The molecule has 2 aromatic rings. The summed E-state index contributed by atoms with van der Waals surface area (Å²) in [6, 6.07) is 14.4. The van der Waals surface area contributed by atoms with E-state index in [-0.39, 0.29) is 16.5 Å². The molecule has 2 aromatic carbocycles. The van der Waals surface area contributed by atoms with E-state index in [0.29, 0.717) is 0 Å². The Hall–Kier alpha value is -1.99. The number of benzene rings is 2. The van der Waals surface area contributed by atoms with Crippen LogP contribution in [0.25, 0.3) is 16.9 Å². The molecule has 0 N–H and O–H groups in total. The molecule has 0 aromatic heterocycles. The van der Waals surface area contributed by atoms with E-state index in [2.05, 4.69) is 77.9 Å². The molecule has 2 nitrogen and oxygen atoms in total. The van der Waals surface area contributed by atoms with Gasteiger partial charge in [-0.05, 0) is 111 Å². The molecular formula is C45H70N2Ni. The topological polar surface area (TPSA) is 25.3 Å². The Morgan fingerprint density at radius 1 is 0.396 bits per heavy atom. The molecule has 0 atom stereocenters. The summed E-state index contributed by atoms with van der Waals surface area (Å²) in [5, 5.41) is 0. The van der Waals surface area contributed by atoms with E-state index in [1.807, 2.05) is 0 Å². The van der Waals surface area contributed by atoms with Crippen LogP contribution in [-0.2, 0) is 42.2 Å². The van der Waals surface area contributed by atoms with Crippen LogP contribution in [0.4, 0.5) is 0 Å². The molecule has 0 radical (unpaired) electrons. The molecule has 0 saturated heterocycles. The number of rotatable bonds is 25. The second kappa shape index (κ2) is 24.2. The number of nitrogens with zero attached hydrogens (tertiary/aromatic N) is 2. The largest absolute Gasteiger partial charge is 0.493 e. The van der Waals surface area contributed by atoms with Crippen LogP contribution in [0.2, 0.25) is 0 Å². The Morgan fingerprint density at radius 2 is 0.729 bits per heavy atom. The summed E-state index contributed by atoms with van der Waals surface area (Å²) in [5.74, 6) is 0. The van der Waals surface area contributed by atoms with Crippen LogP contribution in [0, 0.1) is 0 Å². The van der Waals surface area contributed by atoms with Crippen molar-refractivity contribution in [2.75, 3.05) is 0 Å². The molecule has 3 rings (SSSR count). The van der Waals surface area contributed by atoms with Gasteiger partial charge in [0.2, 0.25) is 11.4 Å². The van der Waals surface area contributed by atoms with Crippen LogP contribution in [0.1, 0.15) is 197 Å². The first-order valence-corrected chi connectivity index (χ1v) is 20.2. The normalized spacial score (nSPS) is 13.2. The van der Waals surface area contributed by atoms with Gasteiger partial charge in [-0.25, -0.2) is 4.70 Å². The summed E-state index contributed by atoms with van der Waals surface area (Å²) in [5.41, 5.74) is 25.3. The maximum Gasteiger partial charge on any atom is 0.211 e. The number of hydrogen-bond acceptors (Lipinski definition) is 0. The van der Waals surface area contributed by atoms with Gasteiger partial charge in [-0.2, -0.15) is 0 Å². The molecule has 270 valence electrons. The molecular weight excluding hydrogens is 627 g/mol. The van der Waals surface area contributed by atoms with Crippen molar-refractivity contribution in [1.29, 1.82) is 0 Å². The van der Waals surface area contributed by atoms with Crippen LogP contribution < -0.4 is 0 Å². The van der Waals surface area contributed by atoms with Crippen molar-refractivity contribution in [3.63, 3.8) is 0 Å². The van der Waals surface area contributed by atoms with Crippen LogP contribution in [0.15, 0.2) is 47.5 Å². The van der Waals surface area contributed by atoms with Crippen molar-refractivity contribution in [3.05, 3.63) is 86.5 Å². The molecule has 1 aliphatic heterocycles. The Kier molecular flexibility index (Phi) is 21.3. The number of hydrogen-bond donors (Lipinski definition) is 0. The van der Waals surface area contributed by atoms with Gasteiger partial charge >= 0.3 is 0 Å². The quantitative estimate of drug-likeness (QED) is 0.0561. The molecule has 0 aliphatic carbocycles. The zero-order chi connectivity index (χ0) is 33.9. The Morgan fingerprint density at radius 3 is 1.15 bits per heavy atom. The molecule has 0 fully saturated rings. The molecule has 0 saturated carbocycles. The van der Waals surface area contributed by atoms with E-state index < -0.39 is 0 Å². The maximum absolute atomic E-state index is 12.4. The van der Waals surface area contributed by atoms with Crippen molar-refractivity contribution < 1.29 is 21.2 Å². The zero-order valence-corrected chi connectivity index (χ0v) is 32.9. The third-order valence-electron chi connectivity index (χ3n) is 10.3. The summed E-state index contributed by atoms with van der Waals surface area (Å²) >= 11 is 0. The number of unbranched alkanes of at least 4 members (excludes halogenated alkanes) is 13. The first kappa shape index (κ1) is 42.2. The van der Waals surface area contributed by atoms with Gasteiger partial charge in [0.1, 0.15) is 0 Å². The molecule has 0 unspecified atom stereocenters. The van der Waals surface area contributed by atoms with Crippen molar-refractivity contribution in [1.82, 2.24) is 0 Å². The van der Waals surface area contributed by atoms with Gasteiger partial charge < -0.3 is 5.53 Å². The smallest absolute Gasteiger partial charge is 0.211 e. The predicted octanol–water partition coefficient (Wildman–Crippen LogP) is 14.6. The third kappa shape index (κ3) is 13.0. The first-order valence-electron chi connectivity index (χ1n) is 20.2. The fraction of sp³-hybridized carbons (Fsp3) is 0.644. The van der Waals surface area contributed by atoms with E-state index >= 15 is 0 Å². The number of allylic oxidation sites excluding steroid dienone is 2. The molecule has 48 heavy (non-hydrogen) atoms. The molecule has 0 bridgehead atoms. The Bertz CT molecular complexity index is 1300. The minimum atomic E-state index is 0. The molecule has 0 spiro atoms. The SMILES string of the molecule is CCCCCCCCc1cc(CC)cc(C2=C(CCCC)C(CCCCC)=C(c3cc(CC)cc(CCCCCCCC)c3)[N+]2=[N-])c1.[Ni]. The summed E-state index contributed by atoms with van der Waals surface area (Å²) in [6.45, 7) is 13.7. The minimum absolute atomic E-state index is 0. The van der Waals surface area contributed by atoms with E-state index in [9.17, 15) is 5.53 Å². The van der Waals surface area contributed by atoms with Crippen molar-refractivity contribution in [2.45, 2.75) is 189 Å². The maximum atomic E-state index is 12.4. The summed E-state index contributed by atoms with van der Waals surface area (Å²) in [7, 11) is 0. The monoisotopic (exact) mass is 696 g/mol. The van der Waals surface area contributed by atoms with Crippen molar-refractivity contribution in [2.24, 2.45) is 0 Å². The predicted molar refractivity (Wildman–Crippen MR) is 207 cm³/mol. The molecule has 0 amide bonds. The Balaban J connectivity index is 0.00000800. The second-order valence-corrected chi connectivity index (χ2v) is 14.3. The van der Waals surface area contributed by atoms with E-state index in [4.69, 9.17) is 0 Å². The molecule has 1 heterocycles. The third-order valence-corrected chi connectivity index (χ3v) is 10.3. The van der Waals surface area contributed by atoms with Gasteiger partial charge in [-0.15, -0.1) is 0 Å². The molecule has 1 aliphatic rings. The summed E-state index contributed by atoms with van der Waals surface area (Å²) in [4.78, 5) is 0. The van der Waals surface area contributed by atoms with Gasteiger partial charge in [-0.1, -0.05) is 137 Å². The van der Waals surface area contributed by atoms with Crippen LogP contribution in [0.3, 0.4) is 0 Å². The second-order valence-electron chi connectivity index (χ2n) is 14.3. The average Bonchev–Trinajstić information content (AvgIpc) is 3.36. The summed E-state index contributed by atoms with van der Waals surface area (Å²) < 4.78 is 1.64. The minimum Gasteiger partial charge on any atom is -0.493 e. The van der Waals surface area contributed by atoms with Gasteiger partial charge in [0.25, 0.3) is 0 Å². The first-order chi connectivity index (χ1) is 23.0. The van der Waals surface area contributed by atoms with Crippen LogP contribution in [-0.4, -0.2) is 4.70 Å². The van der Waals surface area contributed by atoms with E-state index in [0.717, 1.165) is 62.8 Å². The van der Waals surface area contributed by atoms with Gasteiger partial charge in [0.15, 0.2) is 0 Å². The van der Waals surface area contributed by atoms with Gasteiger partial charge in [0.05, 0.1) is 0 Å². The zero-order valence-electron chi connectivity index (χ0n) is 31.9. The van der Waals surface area contributed by atoms with Gasteiger partial charge in [0, 0.05) is 38.8 Å². The fourth-order valence-electron chi connectivity index (χ4n) is 7.40. The van der Waals surface area contributed by atoms with E-state index in [1.165, 1.54) is 141 Å². The van der Waals surface area contributed by atoms with Crippen LogP contribution in [0.5, 0.6) is 0 Å². The van der Waals surface area contributed by atoms with Crippen molar-refractivity contribution >= 4 is 11.4 Å². The average molecular weight is 698 g/mol.